The molecule has 154 valence electrons. The molecule has 0 amide bonds. The Morgan fingerprint density at radius 3 is 2.60 bits per heavy atom. The number of halogens is 3. The molecule has 4 rings (SSSR count). The molecule has 0 radical (unpaired) electrons. The van der Waals surface area contributed by atoms with Crippen molar-refractivity contribution in [3.63, 3.8) is 0 Å². The molecule has 1 unspecified atom stereocenters. The summed E-state index contributed by atoms with van der Waals surface area (Å²) in [6.07, 6.45) is 0.597. The number of rotatable bonds is 5. The summed E-state index contributed by atoms with van der Waals surface area (Å²) in [5.74, 6) is -0.939. The maximum atomic E-state index is 12.3. The third-order valence-corrected chi connectivity index (χ3v) is 4.40. The standard InChI is InChI=1S/C20H15F3N4O3/c21-20(22,23)30-15-10-6-12(7-11-15)16-2-1-3-17-25-19(26-27(16)17)24-14-8-4-13(5-9-14)18(28)29/h1-8,10-11,14H,9H2,(H,24,26)(H,28,29). The maximum Gasteiger partial charge on any atom is 0.573 e. The zero-order valence-corrected chi connectivity index (χ0v) is 15.3. The number of hydrogen-bond donors (Lipinski definition) is 2. The quantitative estimate of drug-likeness (QED) is 0.653. The van der Waals surface area contributed by atoms with E-state index in [-0.39, 0.29) is 17.4 Å². The average Bonchev–Trinajstić information content (AvgIpc) is 3.10. The van der Waals surface area contributed by atoms with Crippen LogP contribution in [0.2, 0.25) is 0 Å². The summed E-state index contributed by atoms with van der Waals surface area (Å²) in [6, 6.07) is 10.6. The molecular formula is C20H15F3N4O3. The van der Waals surface area contributed by atoms with E-state index in [9.17, 15) is 18.0 Å². The number of aromatic nitrogens is 3. The van der Waals surface area contributed by atoms with Crippen LogP contribution >= 0.6 is 0 Å². The monoisotopic (exact) mass is 416 g/mol. The lowest BCUT2D eigenvalue weighted by Gasteiger charge is -2.15. The first-order valence-corrected chi connectivity index (χ1v) is 8.89. The topological polar surface area (TPSA) is 88.8 Å². The van der Waals surface area contributed by atoms with E-state index in [0.29, 0.717) is 29.3 Å². The van der Waals surface area contributed by atoms with E-state index in [1.807, 2.05) is 0 Å². The molecule has 0 spiro atoms. The van der Waals surface area contributed by atoms with Crippen LogP contribution in [0.4, 0.5) is 19.1 Å². The molecule has 3 aromatic rings. The fourth-order valence-electron chi connectivity index (χ4n) is 3.06. The van der Waals surface area contributed by atoms with Crippen molar-refractivity contribution in [3.05, 3.63) is 66.3 Å². The molecule has 0 aliphatic heterocycles. The molecule has 1 aliphatic carbocycles. The Bertz CT molecular complexity index is 1150. The minimum Gasteiger partial charge on any atom is -0.478 e. The number of benzene rings is 1. The van der Waals surface area contributed by atoms with Crippen LogP contribution in [0.25, 0.3) is 16.9 Å². The van der Waals surface area contributed by atoms with Crippen molar-refractivity contribution in [1.29, 1.82) is 0 Å². The minimum atomic E-state index is -4.75. The molecule has 0 saturated heterocycles. The molecule has 2 heterocycles. The van der Waals surface area contributed by atoms with Gasteiger partial charge in [-0.2, -0.15) is 4.98 Å². The Balaban J connectivity index is 1.56. The van der Waals surface area contributed by atoms with Crippen LogP contribution < -0.4 is 10.1 Å². The molecule has 2 aromatic heterocycles. The molecular weight excluding hydrogens is 401 g/mol. The molecule has 1 aliphatic rings. The van der Waals surface area contributed by atoms with E-state index in [1.165, 1.54) is 30.3 Å². The van der Waals surface area contributed by atoms with Crippen LogP contribution in [0.5, 0.6) is 5.75 Å². The fraction of sp³-hybridized carbons (Fsp3) is 0.150. The van der Waals surface area contributed by atoms with E-state index >= 15 is 0 Å². The number of hydrogen-bond acceptors (Lipinski definition) is 5. The number of pyridine rings is 1. The largest absolute Gasteiger partial charge is 0.573 e. The van der Waals surface area contributed by atoms with Crippen molar-refractivity contribution in [3.8, 4) is 17.0 Å². The number of aliphatic carboxylic acids is 1. The number of carboxylic acid groups (broad SMARTS) is 1. The summed E-state index contributed by atoms with van der Waals surface area (Å²) in [6.45, 7) is 0. The molecule has 1 atom stereocenters. The average molecular weight is 416 g/mol. The van der Waals surface area contributed by atoms with Crippen LogP contribution in [-0.2, 0) is 4.79 Å². The summed E-state index contributed by atoms with van der Waals surface area (Å²) in [4.78, 5) is 15.4. The normalized spacial score (nSPS) is 16.4. The first-order valence-electron chi connectivity index (χ1n) is 8.89. The van der Waals surface area contributed by atoms with E-state index in [2.05, 4.69) is 20.1 Å². The first kappa shape index (κ1) is 19.5. The van der Waals surface area contributed by atoms with Crippen LogP contribution in [0.15, 0.2) is 66.3 Å². The zero-order valence-electron chi connectivity index (χ0n) is 15.3. The molecule has 2 N–H and O–H groups in total. The third-order valence-electron chi connectivity index (χ3n) is 4.40. The predicted molar refractivity (Wildman–Crippen MR) is 102 cm³/mol. The second kappa shape index (κ2) is 7.54. The van der Waals surface area contributed by atoms with Gasteiger partial charge in [-0.15, -0.1) is 18.3 Å². The van der Waals surface area contributed by atoms with Gasteiger partial charge in [-0.3, -0.25) is 0 Å². The van der Waals surface area contributed by atoms with Crippen molar-refractivity contribution < 1.29 is 27.8 Å². The number of carboxylic acids is 1. The van der Waals surface area contributed by atoms with Gasteiger partial charge >= 0.3 is 12.3 Å². The maximum absolute atomic E-state index is 12.3. The number of nitrogens with one attached hydrogen (secondary N) is 1. The summed E-state index contributed by atoms with van der Waals surface area (Å²) < 4.78 is 42.5. The molecule has 30 heavy (non-hydrogen) atoms. The van der Waals surface area contributed by atoms with Gasteiger partial charge in [0.15, 0.2) is 5.65 Å². The van der Waals surface area contributed by atoms with E-state index in [0.717, 1.165) is 0 Å². The summed E-state index contributed by atoms with van der Waals surface area (Å²) in [5.41, 5.74) is 2.06. The second-order valence-corrected chi connectivity index (χ2v) is 6.50. The highest BCUT2D eigenvalue weighted by Crippen LogP contribution is 2.27. The molecule has 10 heteroatoms. The Labute approximate surface area is 168 Å². The van der Waals surface area contributed by atoms with Crippen molar-refractivity contribution in [2.24, 2.45) is 0 Å². The van der Waals surface area contributed by atoms with Crippen LogP contribution in [0.3, 0.4) is 0 Å². The molecule has 0 bridgehead atoms. The van der Waals surface area contributed by atoms with Gasteiger partial charge in [-0.1, -0.05) is 18.2 Å². The lowest BCUT2D eigenvalue weighted by atomic mass is 10.0. The van der Waals surface area contributed by atoms with E-state index in [1.54, 1.807) is 34.9 Å². The fourth-order valence-corrected chi connectivity index (χ4v) is 3.06. The van der Waals surface area contributed by atoms with Crippen LogP contribution in [-0.4, -0.2) is 38.1 Å². The SMILES string of the molecule is O=C(O)C1=CCC(Nc2nc3cccc(-c4ccc(OC(F)(F)F)cc4)n3n2)C=C1. The van der Waals surface area contributed by atoms with Gasteiger partial charge in [-0.25, -0.2) is 9.31 Å². The van der Waals surface area contributed by atoms with Crippen molar-refractivity contribution in [2.75, 3.05) is 5.32 Å². The number of fused-ring (bicyclic) bond motifs is 1. The van der Waals surface area contributed by atoms with Gasteiger partial charge in [0.25, 0.3) is 0 Å². The number of nitrogens with zero attached hydrogens (tertiary/aromatic N) is 3. The number of anilines is 1. The summed E-state index contributed by atoms with van der Waals surface area (Å²) in [7, 11) is 0. The lowest BCUT2D eigenvalue weighted by molar-refractivity contribution is -0.274. The van der Waals surface area contributed by atoms with Crippen molar-refractivity contribution in [2.45, 2.75) is 18.8 Å². The van der Waals surface area contributed by atoms with E-state index < -0.39 is 12.3 Å². The highest BCUT2D eigenvalue weighted by atomic mass is 19.4. The molecule has 1 aromatic carbocycles. The van der Waals surface area contributed by atoms with Crippen molar-refractivity contribution in [1.82, 2.24) is 14.6 Å². The Morgan fingerprint density at radius 2 is 1.97 bits per heavy atom. The van der Waals surface area contributed by atoms with Gasteiger partial charge in [0, 0.05) is 5.56 Å². The second-order valence-electron chi connectivity index (χ2n) is 6.50. The molecule has 0 fully saturated rings. The highest BCUT2D eigenvalue weighted by molar-refractivity contribution is 5.90. The smallest absolute Gasteiger partial charge is 0.478 e. The third kappa shape index (κ3) is 4.27. The predicted octanol–water partition coefficient (Wildman–Crippen LogP) is 4.05. The van der Waals surface area contributed by atoms with E-state index in [4.69, 9.17) is 5.11 Å². The Kier molecular flexibility index (Phi) is 4.90. The number of carbonyl (C=O) groups is 1. The van der Waals surface area contributed by atoms with Crippen LogP contribution in [0.1, 0.15) is 6.42 Å². The van der Waals surface area contributed by atoms with Crippen LogP contribution in [0, 0.1) is 0 Å². The highest BCUT2D eigenvalue weighted by Gasteiger charge is 2.31. The first-order chi connectivity index (χ1) is 14.3. The van der Waals surface area contributed by atoms with Gasteiger partial charge < -0.3 is 15.2 Å². The summed E-state index contributed by atoms with van der Waals surface area (Å²) >= 11 is 0. The summed E-state index contributed by atoms with van der Waals surface area (Å²) in [5, 5.41) is 16.6. The molecule has 0 saturated carbocycles. The molecule has 7 nitrogen and oxygen atoms in total. The number of ether oxygens (including phenoxy) is 1. The van der Waals surface area contributed by atoms with Gasteiger partial charge in [0.1, 0.15) is 5.75 Å². The number of alkyl halides is 3. The lowest BCUT2D eigenvalue weighted by Crippen LogP contribution is -2.20. The Morgan fingerprint density at radius 1 is 1.20 bits per heavy atom. The van der Waals surface area contributed by atoms with Gasteiger partial charge in [0.2, 0.25) is 5.95 Å². The zero-order chi connectivity index (χ0) is 21.3. The van der Waals surface area contributed by atoms with Gasteiger partial charge in [-0.05, 0) is 48.9 Å². The minimum absolute atomic E-state index is 0.159. The van der Waals surface area contributed by atoms with Crippen molar-refractivity contribution >= 4 is 17.6 Å². The Hall–Kier alpha value is -3.82. The van der Waals surface area contributed by atoms with Gasteiger partial charge in [0.05, 0.1) is 17.3 Å².